The van der Waals surface area contributed by atoms with Crippen molar-refractivity contribution in [3.05, 3.63) is 21.7 Å². The van der Waals surface area contributed by atoms with Crippen molar-refractivity contribution in [1.29, 1.82) is 0 Å². The van der Waals surface area contributed by atoms with Crippen LogP contribution in [0.15, 0.2) is 4.79 Å². The molecule has 1 aliphatic carbocycles. The van der Waals surface area contributed by atoms with Gasteiger partial charge < -0.3 is 10.1 Å². The first-order valence-electron chi connectivity index (χ1n) is 5.93. The van der Waals surface area contributed by atoms with Gasteiger partial charge in [0.1, 0.15) is 5.82 Å². The zero-order chi connectivity index (χ0) is 11.7. The van der Waals surface area contributed by atoms with E-state index in [2.05, 4.69) is 16.9 Å². The fourth-order valence-electron chi connectivity index (χ4n) is 2.47. The van der Waals surface area contributed by atoms with Gasteiger partial charge in [-0.3, -0.25) is 4.79 Å². The normalized spacial score (nSPS) is 24.9. The van der Waals surface area contributed by atoms with Gasteiger partial charge in [0.2, 0.25) is 5.88 Å². The fourth-order valence-corrected chi connectivity index (χ4v) is 2.47. The Kier molecular flexibility index (Phi) is 2.99. The molecular weight excluding hydrogens is 204 g/mol. The Hall–Kier alpha value is -1.32. The second-order valence-electron chi connectivity index (χ2n) is 4.72. The molecule has 0 bridgehead atoms. The smallest absolute Gasteiger partial charge is 0.257 e. The molecule has 4 nitrogen and oxygen atoms in total. The van der Waals surface area contributed by atoms with Gasteiger partial charge in [0.15, 0.2) is 0 Å². The molecule has 1 aromatic rings. The third-order valence-electron chi connectivity index (χ3n) is 3.45. The largest absolute Gasteiger partial charge is 0.493 e. The number of rotatable bonds is 2. The molecule has 1 aliphatic rings. The molecule has 2 unspecified atom stereocenters. The summed E-state index contributed by atoms with van der Waals surface area (Å²) in [6.07, 6.45) is 3.78. The summed E-state index contributed by atoms with van der Waals surface area (Å²) in [5.41, 5.74) is 0.194. The Morgan fingerprint density at radius 2 is 2.25 bits per heavy atom. The van der Waals surface area contributed by atoms with Crippen molar-refractivity contribution < 1.29 is 5.11 Å². The second kappa shape index (κ2) is 4.28. The van der Waals surface area contributed by atoms with Crippen LogP contribution >= 0.6 is 0 Å². The molecular formula is C12H18N2O2. The number of aromatic amines is 1. The van der Waals surface area contributed by atoms with Gasteiger partial charge in [-0.15, -0.1) is 0 Å². The predicted molar refractivity (Wildman–Crippen MR) is 61.7 cm³/mol. The quantitative estimate of drug-likeness (QED) is 0.803. The maximum absolute atomic E-state index is 11.7. The molecule has 1 saturated carbocycles. The highest BCUT2D eigenvalue weighted by atomic mass is 16.3. The highest BCUT2D eigenvalue weighted by Gasteiger charge is 2.25. The SMILES string of the molecule is CCc1c(O)nc(C2CCC(C)C2)[nH]c1=O. The van der Waals surface area contributed by atoms with E-state index >= 15 is 0 Å². The monoisotopic (exact) mass is 222 g/mol. The summed E-state index contributed by atoms with van der Waals surface area (Å²) in [4.78, 5) is 18.6. The topological polar surface area (TPSA) is 66.0 Å². The standard InChI is InChI=1S/C12H18N2O2/c1-3-9-11(15)13-10(14-12(9)16)8-5-4-7(2)6-8/h7-8H,3-6H2,1-2H3,(H2,13,14,15,16). The summed E-state index contributed by atoms with van der Waals surface area (Å²) >= 11 is 0. The third-order valence-corrected chi connectivity index (χ3v) is 3.45. The van der Waals surface area contributed by atoms with Crippen molar-refractivity contribution in [2.24, 2.45) is 5.92 Å². The summed E-state index contributed by atoms with van der Waals surface area (Å²) in [7, 11) is 0. The van der Waals surface area contributed by atoms with E-state index in [1.165, 1.54) is 6.42 Å². The average molecular weight is 222 g/mol. The van der Waals surface area contributed by atoms with Crippen LogP contribution in [0, 0.1) is 5.92 Å². The Morgan fingerprint density at radius 1 is 1.50 bits per heavy atom. The van der Waals surface area contributed by atoms with Gasteiger partial charge in [0, 0.05) is 5.92 Å². The Balaban J connectivity index is 2.33. The molecule has 88 valence electrons. The minimum absolute atomic E-state index is 0.0965. The van der Waals surface area contributed by atoms with Crippen LogP contribution in [0.3, 0.4) is 0 Å². The van der Waals surface area contributed by atoms with E-state index in [0.717, 1.165) is 12.8 Å². The summed E-state index contributed by atoms with van der Waals surface area (Å²) in [5, 5.41) is 9.67. The number of hydrogen-bond acceptors (Lipinski definition) is 3. The lowest BCUT2D eigenvalue weighted by atomic mass is 10.1. The maximum atomic E-state index is 11.7. The van der Waals surface area contributed by atoms with E-state index in [1.54, 1.807) is 0 Å². The number of aromatic hydroxyl groups is 1. The van der Waals surface area contributed by atoms with Crippen LogP contribution < -0.4 is 5.56 Å². The lowest BCUT2D eigenvalue weighted by Crippen LogP contribution is -2.17. The van der Waals surface area contributed by atoms with Gasteiger partial charge in [0.05, 0.1) is 5.56 Å². The summed E-state index contributed by atoms with van der Waals surface area (Å²) in [5.74, 6) is 1.55. The van der Waals surface area contributed by atoms with E-state index in [-0.39, 0.29) is 11.4 Å². The van der Waals surface area contributed by atoms with Crippen LogP contribution in [0.4, 0.5) is 0 Å². The van der Waals surface area contributed by atoms with Crippen LogP contribution in [0.25, 0.3) is 0 Å². The molecule has 2 N–H and O–H groups in total. The average Bonchev–Trinajstić information content (AvgIpc) is 2.64. The molecule has 2 rings (SSSR count). The fraction of sp³-hybridized carbons (Fsp3) is 0.667. The molecule has 2 atom stereocenters. The Bertz CT molecular complexity index is 439. The molecule has 0 radical (unpaired) electrons. The first-order chi connectivity index (χ1) is 7.61. The summed E-state index contributed by atoms with van der Waals surface area (Å²) in [6.45, 7) is 4.04. The van der Waals surface area contributed by atoms with Crippen LogP contribution in [0.5, 0.6) is 5.88 Å². The van der Waals surface area contributed by atoms with Crippen LogP contribution in [0.1, 0.15) is 50.4 Å². The van der Waals surface area contributed by atoms with Gasteiger partial charge in [-0.25, -0.2) is 0 Å². The van der Waals surface area contributed by atoms with E-state index < -0.39 is 0 Å². The molecule has 1 fully saturated rings. The minimum atomic E-state index is -0.190. The van der Waals surface area contributed by atoms with E-state index in [9.17, 15) is 9.90 Å². The van der Waals surface area contributed by atoms with Crippen LogP contribution in [0.2, 0.25) is 0 Å². The summed E-state index contributed by atoms with van der Waals surface area (Å²) in [6, 6.07) is 0. The zero-order valence-electron chi connectivity index (χ0n) is 9.79. The maximum Gasteiger partial charge on any atom is 0.257 e. The number of aromatic nitrogens is 2. The molecule has 4 heteroatoms. The van der Waals surface area contributed by atoms with Gasteiger partial charge in [-0.05, 0) is 31.6 Å². The van der Waals surface area contributed by atoms with E-state index in [0.29, 0.717) is 29.6 Å². The highest BCUT2D eigenvalue weighted by molar-refractivity contribution is 5.23. The highest BCUT2D eigenvalue weighted by Crippen LogP contribution is 2.36. The zero-order valence-corrected chi connectivity index (χ0v) is 9.79. The molecule has 0 aliphatic heterocycles. The van der Waals surface area contributed by atoms with Gasteiger partial charge >= 0.3 is 0 Å². The van der Waals surface area contributed by atoms with Crippen molar-refractivity contribution in [3.8, 4) is 5.88 Å². The van der Waals surface area contributed by atoms with Crippen LogP contribution in [-0.4, -0.2) is 15.1 Å². The summed E-state index contributed by atoms with van der Waals surface area (Å²) < 4.78 is 0. The third kappa shape index (κ3) is 1.96. The number of H-pyrrole nitrogens is 1. The number of hydrogen-bond donors (Lipinski definition) is 2. The predicted octanol–water partition coefficient (Wildman–Crippen LogP) is 1.94. The first kappa shape index (κ1) is 11.2. The Morgan fingerprint density at radius 3 is 2.75 bits per heavy atom. The van der Waals surface area contributed by atoms with E-state index in [4.69, 9.17) is 0 Å². The molecule has 0 saturated heterocycles. The van der Waals surface area contributed by atoms with Gasteiger partial charge in [0.25, 0.3) is 5.56 Å². The van der Waals surface area contributed by atoms with Crippen molar-refractivity contribution in [2.45, 2.75) is 45.4 Å². The molecule has 1 aromatic heterocycles. The minimum Gasteiger partial charge on any atom is -0.493 e. The molecule has 0 aromatic carbocycles. The molecule has 1 heterocycles. The lowest BCUT2D eigenvalue weighted by molar-refractivity contribution is 0.435. The van der Waals surface area contributed by atoms with Gasteiger partial charge in [-0.1, -0.05) is 13.8 Å². The van der Waals surface area contributed by atoms with Crippen molar-refractivity contribution >= 4 is 0 Å². The molecule has 0 amide bonds. The van der Waals surface area contributed by atoms with Crippen molar-refractivity contribution in [2.75, 3.05) is 0 Å². The second-order valence-corrected chi connectivity index (χ2v) is 4.72. The van der Waals surface area contributed by atoms with Crippen LogP contribution in [-0.2, 0) is 6.42 Å². The molecule has 16 heavy (non-hydrogen) atoms. The Labute approximate surface area is 94.7 Å². The van der Waals surface area contributed by atoms with Crippen molar-refractivity contribution in [3.63, 3.8) is 0 Å². The van der Waals surface area contributed by atoms with E-state index in [1.807, 2.05) is 6.92 Å². The molecule has 0 spiro atoms. The van der Waals surface area contributed by atoms with Crippen molar-refractivity contribution in [1.82, 2.24) is 9.97 Å². The first-order valence-corrected chi connectivity index (χ1v) is 5.93. The number of nitrogens with one attached hydrogen (secondary N) is 1. The lowest BCUT2D eigenvalue weighted by Gasteiger charge is -2.10. The number of nitrogens with zero attached hydrogens (tertiary/aromatic N) is 1. The van der Waals surface area contributed by atoms with Gasteiger partial charge in [-0.2, -0.15) is 4.98 Å².